The fourth-order valence-electron chi connectivity index (χ4n) is 4.16. The lowest BCUT2D eigenvalue weighted by atomic mass is 9.78. The predicted octanol–water partition coefficient (Wildman–Crippen LogP) is 2.63. The van der Waals surface area contributed by atoms with E-state index < -0.39 is 0 Å². The molecule has 1 aromatic rings. The Hall–Kier alpha value is -0.900. The molecule has 4 unspecified atom stereocenters. The smallest absolute Gasteiger partial charge is 0.0710 e. The maximum absolute atomic E-state index is 5.55. The van der Waals surface area contributed by atoms with Crippen LogP contribution in [0.25, 0.3) is 0 Å². The van der Waals surface area contributed by atoms with Gasteiger partial charge in [-0.2, -0.15) is 0 Å². The van der Waals surface area contributed by atoms with Crippen LogP contribution >= 0.6 is 0 Å². The van der Waals surface area contributed by atoms with Gasteiger partial charge in [0.05, 0.1) is 6.10 Å². The van der Waals surface area contributed by atoms with Gasteiger partial charge in [-0.1, -0.05) is 30.3 Å². The zero-order valence-electron chi connectivity index (χ0n) is 13.3. The Balaban J connectivity index is 1.70. The van der Waals surface area contributed by atoms with E-state index in [0.29, 0.717) is 24.1 Å². The number of likely N-dealkylation sites (tertiary alicyclic amines) is 1. The summed E-state index contributed by atoms with van der Waals surface area (Å²) in [4.78, 5) is 2.66. The van der Waals surface area contributed by atoms with Crippen molar-refractivity contribution >= 4 is 0 Å². The monoisotopic (exact) mass is 288 g/mol. The molecule has 3 rings (SSSR count). The van der Waals surface area contributed by atoms with Gasteiger partial charge in [0.2, 0.25) is 0 Å². The number of nitrogens with one attached hydrogen (secondary N) is 1. The molecule has 0 amide bonds. The number of methoxy groups -OCH3 is 1. The van der Waals surface area contributed by atoms with Crippen LogP contribution in [0.5, 0.6) is 0 Å². The van der Waals surface area contributed by atoms with Crippen molar-refractivity contribution in [3.8, 4) is 0 Å². The molecule has 3 nitrogen and oxygen atoms in total. The van der Waals surface area contributed by atoms with E-state index in [9.17, 15) is 0 Å². The molecule has 0 radical (unpaired) electrons. The van der Waals surface area contributed by atoms with Crippen LogP contribution in [0.4, 0.5) is 0 Å². The zero-order chi connectivity index (χ0) is 14.7. The summed E-state index contributed by atoms with van der Waals surface area (Å²) < 4.78 is 5.55. The van der Waals surface area contributed by atoms with Gasteiger partial charge in [0.1, 0.15) is 0 Å². The third-order valence-corrected chi connectivity index (χ3v) is 5.44. The van der Waals surface area contributed by atoms with Crippen molar-refractivity contribution < 1.29 is 4.74 Å². The summed E-state index contributed by atoms with van der Waals surface area (Å²) >= 11 is 0. The first kappa shape index (κ1) is 15.0. The number of rotatable bonds is 4. The molecule has 0 spiro atoms. The van der Waals surface area contributed by atoms with E-state index in [1.54, 1.807) is 0 Å². The second-order valence-electron chi connectivity index (χ2n) is 6.52. The van der Waals surface area contributed by atoms with Gasteiger partial charge >= 0.3 is 0 Å². The highest BCUT2D eigenvalue weighted by Gasteiger charge is 2.37. The first-order valence-electron chi connectivity index (χ1n) is 8.31. The fraction of sp³-hybridized carbons (Fsp3) is 0.667. The average Bonchev–Trinajstić information content (AvgIpc) is 3.04. The average molecular weight is 288 g/mol. The summed E-state index contributed by atoms with van der Waals surface area (Å²) in [5, 5.41) is 3.55. The number of hydrogen-bond donors (Lipinski definition) is 1. The molecule has 0 bridgehead atoms. The van der Waals surface area contributed by atoms with Gasteiger partial charge < -0.3 is 10.1 Å². The van der Waals surface area contributed by atoms with Crippen molar-refractivity contribution in [2.24, 2.45) is 0 Å². The largest absolute Gasteiger partial charge is 0.380 e. The molecule has 0 aromatic heterocycles. The third kappa shape index (κ3) is 3.31. The summed E-state index contributed by atoms with van der Waals surface area (Å²) in [6, 6.07) is 12.3. The SMILES string of the molecule is CNC1CCC(c2ccccc2)CC1N1CCC(OC)C1. The lowest BCUT2D eigenvalue weighted by molar-refractivity contribution is 0.0851. The van der Waals surface area contributed by atoms with Gasteiger partial charge in [-0.15, -0.1) is 0 Å². The van der Waals surface area contributed by atoms with E-state index in [0.717, 1.165) is 6.54 Å². The second-order valence-corrected chi connectivity index (χ2v) is 6.52. The summed E-state index contributed by atoms with van der Waals surface area (Å²) in [5.41, 5.74) is 1.51. The fourth-order valence-corrected chi connectivity index (χ4v) is 4.16. The van der Waals surface area contributed by atoms with E-state index in [4.69, 9.17) is 4.74 Å². The zero-order valence-corrected chi connectivity index (χ0v) is 13.3. The molecule has 3 heteroatoms. The highest BCUT2D eigenvalue weighted by Crippen LogP contribution is 2.36. The Morgan fingerprint density at radius 3 is 2.62 bits per heavy atom. The third-order valence-electron chi connectivity index (χ3n) is 5.44. The van der Waals surface area contributed by atoms with Crippen molar-refractivity contribution in [3.05, 3.63) is 35.9 Å². The van der Waals surface area contributed by atoms with E-state index in [2.05, 4.69) is 47.6 Å². The minimum absolute atomic E-state index is 0.430. The van der Waals surface area contributed by atoms with Gasteiger partial charge in [-0.3, -0.25) is 4.90 Å². The minimum atomic E-state index is 0.430. The number of hydrogen-bond acceptors (Lipinski definition) is 3. The molecule has 2 fully saturated rings. The Kier molecular flexibility index (Phi) is 4.94. The second kappa shape index (κ2) is 6.91. The number of nitrogens with zero attached hydrogens (tertiary/aromatic N) is 1. The van der Waals surface area contributed by atoms with Gasteiger partial charge in [-0.05, 0) is 44.2 Å². The molecule has 1 heterocycles. The topological polar surface area (TPSA) is 24.5 Å². The lowest BCUT2D eigenvalue weighted by Crippen LogP contribution is -2.51. The number of likely N-dealkylation sites (N-methyl/N-ethyl adjacent to an activating group) is 1. The van der Waals surface area contributed by atoms with Crippen LogP contribution in [0.1, 0.15) is 37.2 Å². The molecule has 116 valence electrons. The van der Waals surface area contributed by atoms with Crippen LogP contribution in [-0.4, -0.2) is 50.3 Å². The van der Waals surface area contributed by atoms with Crippen LogP contribution in [0.3, 0.4) is 0 Å². The summed E-state index contributed by atoms with van der Waals surface area (Å²) in [7, 11) is 3.96. The predicted molar refractivity (Wildman–Crippen MR) is 86.7 cm³/mol. The van der Waals surface area contributed by atoms with Crippen molar-refractivity contribution in [2.75, 3.05) is 27.2 Å². The minimum Gasteiger partial charge on any atom is -0.380 e. The molecule has 1 aromatic carbocycles. The molecule has 1 aliphatic heterocycles. The summed E-state index contributed by atoms with van der Waals surface area (Å²) in [6.07, 6.45) is 5.45. The molecule has 1 saturated heterocycles. The molecule has 2 aliphatic rings. The number of benzene rings is 1. The molecular weight excluding hydrogens is 260 g/mol. The Labute approximate surface area is 128 Å². The molecular formula is C18H28N2O. The first-order valence-corrected chi connectivity index (χ1v) is 8.31. The summed E-state index contributed by atoms with van der Waals surface area (Å²) in [5.74, 6) is 0.711. The molecule has 4 atom stereocenters. The van der Waals surface area contributed by atoms with Gasteiger partial charge in [-0.25, -0.2) is 0 Å². The Morgan fingerprint density at radius 1 is 1.14 bits per heavy atom. The van der Waals surface area contributed by atoms with Crippen LogP contribution in [-0.2, 0) is 4.74 Å². The van der Waals surface area contributed by atoms with Gasteiger partial charge in [0, 0.05) is 32.3 Å². The van der Waals surface area contributed by atoms with E-state index >= 15 is 0 Å². The normalized spacial score (nSPS) is 34.2. The number of ether oxygens (including phenoxy) is 1. The van der Waals surface area contributed by atoms with Gasteiger partial charge in [0.15, 0.2) is 0 Å². The van der Waals surface area contributed by atoms with Crippen molar-refractivity contribution in [2.45, 2.75) is 49.8 Å². The molecule has 21 heavy (non-hydrogen) atoms. The first-order chi connectivity index (χ1) is 10.3. The standard InChI is InChI=1S/C18H28N2O/c1-19-17-9-8-15(14-6-4-3-5-7-14)12-18(17)20-11-10-16(13-20)21-2/h3-7,15-19H,8-13H2,1-2H3. The maximum atomic E-state index is 5.55. The molecule has 1 aliphatic carbocycles. The van der Waals surface area contributed by atoms with E-state index in [-0.39, 0.29) is 0 Å². The van der Waals surface area contributed by atoms with Gasteiger partial charge in [0.25, 0.3) is 0 Å². The highest BCUT2D eigenvalue weighted by molar-refractivity contribution is 5.21. The van der Waals surface area contributed by atoms with Crippen molar-refractivity contribution in [1.29, 1.82) is 0 Å². The van der Waals surface area contributed by atoms with Crippen LogP contribution in [0.15, 0.2) is 30.3 Å². The quantitative estimate of drug-likeness (QED) is 0.922. The molecule has 1 N–H and O–H groups in total. The van der Waals surface area contributed by atoms with Crippen molar-refractivity contribution in [3.63, 3.8) is 0 Å². The Morgan fingerprint density at radius 2 is 1.95 bits per heavy atom. The highest BCUT2D eigenvalue weighted by atomic mass is 16.5. The van der Waals surface area contributed by atoms with E-state index in [1.165, 1.54) is 37.8 Å². The lowest BCUT2D eigenvalue weighted by Gasteiger charge is -2.41. The van der Waals surface area contributed by atoms with E-state index in [1.807, 2.05) is 7.11 Å². The maximum Gasteiger partial charge on any atom is 0.0710 e. The van der Waals surface area contributed by atoms with Crippen LogP contribution in [0, 0.1) is 0 Å². The summed E-state index contributed by atoms with van der Waals surface area (Å²) in [6.45, 7) is 2.28. The van der Waals surface area contributed by atoms with Crippen LogP contribution < -0.4 is 5.32 Å². The Bertz CT molecular complexity index is 436. The van der Waals surface area contributed by atoms with Crippen LogP contribution in [0.2, 0.25) is 0 Å². The van der Waals surface area contributed by atoms with Crippen molar-refractivity contribution in [1.82, 2.24) is 10.2 Å². The molecule has 1 saturated carbocycles.